The lowest BCUT2D eigenvalue weighted by molar-refractivity contribution is 0.371. The van der Waals surface area contributed by atoms with Crippen molar-refractivity contribution < 1.29 is 13.5 Å². The maximum Gasteiger partial charge on any atom is 0.322 e. The largest absolute Gasteiger partial charge is 0.424 e. The molecule has 2 fully saturated rings. The second-order valence-electron chi connectivity index (χ2n) is 9.15. The Morgan fingerprint density at radius 2 is 1.73 bits per heavy atom. The van der Waals surface area contributed by atoms with Crippen LogP contribution in [0, 0.1) is 30.4 Å². The molecule has 0 unspecified atom stereocenters. The minimum Gasteiger partial charge on any atom is -0.424 e. The third kappa shape index (κ3) is 4.46. The van der Waals surface area contributed by atoms with Gasteiger partial charge in [-0.1, -0.05) is 0 Å². The Bertz CT molecular complexity index is 1120. The van der Waals surface area contributed by atoms with Crippen LogP contribution in [0.4, 0.5) is 20.5 Å². The summed E-state index contributed by atoms with van der Waals surface area (Å²) in [6.07, 6.45) is 3.87. The third-order valence-corrected chi connectivity index (χ3v) is 6.38. The van der Waals surface area contributed by atoms with E-state index in [1.165, 1.54) is 0 Å². The van der Waals surface area contributed by atoms with E-state index in [1.807, 2.05) is 26.8 Å². The number of benzene rings is 1. The topological polar surface area (TPSA) is 81.0 Å². The maximum atomic E-state index is 13.6. The van der Waals surface area contributed by atoms with Crippen LogP contribution >= 0.6 is 0 Å². The van der Waals surface area contributed by atoms with E-state index in [-0.39, 0.29) is 23.8 Å². The number of nitrogens with zero attached hydrogens (tertiary/aromatic N) is 6. The van der Waals surface area contributed by atoms with Crippen molar-refractivity contribution in [1.82, 2.24) is 24.7 Å². The summed E-state index contributed by atoms with van der Waals surface area (Å²) in [5.41, 5.74) is 0.960. The van der Waals surface area contributed by atoms with Gasteiger partial charge in [0.25, 0.3) is 0 Å². The Morgan fingerprint density at radius 3 is 2.36 bits per heavy atom. The molecule has 1 saturated heterocycles. The highest BCUT2D eigenvalue weighted by Gasteiger charge is 2.43. The zero-order valence-corrected chi connectivity index (χ0v) is 18.9. The highest BCUT2D eigenvalue weighted by Crippen LogP contribution is 2.40. The second-order valence-corrected chi connectivity index (χ2v) is 9.15. The van der Waals surface area contributed by atoms with Crippen molar-refractivity contribution in [3.8, 4) is 11.8 Å². The van der Waals surface area contributed by atoms with E-state index in [0.29, 0.717) is 17.8 Å². The molecule has 3 atom stereocenters. The lowest BCUT2D eigenvalue weighted by atomic mass is 9.92. The first-order valence-electron chi connectivity index (χ1n) is 11.3. The van der Waals surface area contributed by atoms with E-state index in [2.05, 4.69) is 30.3 Å². The highest BCUT2D eigenvalue weighted by molar-refractivity contribution is 5.42. The van der Waals surface area contributed by atoms with Gasteiger partial charge < -0.3 is 15.0 Å². The molecule has 0 radical (unpaired) electrons. The van der Waals surface area contributed by atoms with Gasteiger partial charge in [-0.2, -0.15) is 4.98 Å². The molecule has 5 rings (SSSR count). The lowest BCUT2D eigenvalue weighted by Crippen LogP contribution is -2.48. The van der Waals surface area contributed by atoms with Gasteiger partial charge in [0.05, 0.1) is 6.04 Å². The number of fused-ring (bicyclic) bond motifs is 2. The van der Waals surface area contributed by atoms with E-state index < -0.39 is 11.6 Å². The van der Waals surface area contributed by atoms with Crippen LogP contribution in [-0.2, 0) is 0 Å². The van der Waals surface area contributed by atoms with Gasteiger partial charge in [0.1, 0.15) is 29.5 Å². The summed E-state index contributed by atoms with van der Waals surface area (Å²) in [7, 11) is 0. The Labute approximate surface area is 191 Å². The van der Waals surface area contributed by atoms with Gasteiger partial charge in [-0.05, 0) is 45.4 Å². The van der Waals surface area contributed by atoms with Crippen molar-refractivity contribution in [2.45, 2.75) is 45.7 Å². The normalized spacial score (nSPS) is 22.1. The Balaban J connectivity index is 1.33. The number of rotatable bonds is 6. The average molecular weight is 456 g/mol. The van der Waals surface area contributed by atoms with Crippen LogP contribution in [0.15, 0.2) is 30.6 Å². The number of hydrogen-bond acceptors (Lipinski definition) is 7. The predicted molar refractivity (Wildman–Crippen MR) is 119 cm³/mol. The van der Waals surface area contributed by atoms with Gasteiger partial charge in [0.15, 0.2) is 0 Å². The molecule has 10 heteroatoms. The molecule has 2 aliphatic rings. The van der Waals surface area contributed by atoms with Crippen LogP contribution in [0.5, 0.6) is 11.8 Å². The van der Waals surface area contributed by atoms with Gasteiger partial charge in [0, 0.05) is 49.1 Å². The molecule has 1 saturated carbocycles. The molecule has 2 aromatic heterocycles. The zero-order valence-electron chi connectivity index (χ0n) is 18.9. The molecule has 0 amide bonds. The van der Waals surface area contributed by atoms with Crippen molar-refractivity contribution in [2.24, 2.45) is 11.8 Å². The third-order valence-electron chi connectivity index (χ3n) is 6.38. The number of aromatic nitrogens is 5. The summed E-state index contributed by atoms with van der Waals surface area (Å²) in [6, 6.07) is 5.47. The average Bonchev–Trinajstić information content (AvgIpc) is 3.23. The van der Waals surface area contributed by atoms with Gasteiger partial charge in [0.2, 0.25) is 5.95 Å². The van der Waals surface area contributed by atoms with E-state index in [1.54, 1.807) is 11.0 Å². The van der Waals surface area contributed by atoms with Crippen LogP contribution in [0.25, 0.3) is 0 Å². The number of nitrogens with one attached hydrogen (secondary N) is 1. The predicted octanol–water partition coefficient (Wildman–Crippen LogP) is 4.35. The summed E-state index contributed by atoms with van der Waals surface area (Å²) in [4.78, 5) is 15.5. The zero-order chi connectivity index (χ0) is 23.1. The molecule has 8 nitrogen and oxygen atoms in total. The summed E-state index contributed by atoms with van der Waals surface area (Å²) in [5, 5.41) is 8.10. The fourth-order valence-corrected chi connectivity index (χ4v) is 4.88. The number of aryl methyl sites for hydroxylation is 1. The van der Waals surface area contributed by atoms with Crippen LogP contribution in [0.3, 0.4) is 0 Å². The fourth-order valence-electron chi connectivity index (χ4n) is 4.88. The number of halogens is 2. The van der Waals surface area contributed by atoms with Crippen LogP contribution in [0.2, 0.25) is 0 Å². The summed E-state index contributed by atoms with van der Waals surface area (Å²) < 4.78 is 34.5. The molecule has 2 bridgehead atoms. The Morgan fingerprint density at radius 1 is 1.03 bits per heavy atom. The van der Waals surface area contributed by atoms with E-state index >= 15 is 0 Å². The highest BCUT2D eigenvalue weighted by atomic mass is 19.1. The smallest absolute Gasteiger partial charge is 0.322 e. The molecule has 1 aliphatic carbocycles. The number of piperidine rings is 1. The monoisotopic (exact) mass is 455 g/mol. The first-order chi connectivity index (χ1) is 15.9. The van der Waals surface area contributed by atoms with E-state index in [9.17, 15) is 8.78 Å². The van der Waals surface area contributed by atoms with Crippen LogP contribution in [-0.4, -0.2) is 43.9 Å². The molecular formula is C23H27F2N7O. The van der Waals surface area contributed by atoms with Crippen molar-refractivity contribution in [3.05, 3.63) is 47.9 Å². The molecule has 33 heavy (non-hydrogen) atoms. The SMILES string of the molecule is Cc1cc(N2C[C@H]3CC[C@@H](C2)[C@@H]3Nc2nc(Oc3cc(F)cc(F)c3)n(C(C)C)n2)ncn1. The van der Waals surface area contributed by atoms with Crippen LogP contribution < -0.4 is 15.0 Å². The second kappa shape index (κ2) is 8.57. The fraction of sp³-hybridized carbons (Fsp3) is 0.478. The van der Waals surface area contributed by atoms with Crippen molar-refractivity contribution >= 4 is 11.8 Å². The van der Waals surface area contributed by atoms with Gasteiger partial charge in [-0.25, -0.2) is 23.4 Å². The van der Waals surface area contributed by atoms with Crippen molar-refractivity contribution in [3.63, 3.8) is 0 Å². The number of ether oxygens (including phenoxy) is 1. The molecule has 0 spiro atoms. The molecular weight excluding hydrogens is 428 g/mol. The van der Waals surface area contributed by atoms with Crippen molar-refractivity contribution in [1.29, 1.82) is 0 Å². The van der Waals surface area contributed by atoms with Crippen LogP contribution in [0.1, 0.15) is 38.4 Å². The standard InChI is InChI=1S/C23H27F2N7O/c1-13(2)32-23(33-19-8-17(24)7-18(25)9-19)29-22(30-32)28-21-15-4-5-16(21)11-31(10-15)20-6-14(3)26-12-27-20/h6-9,12-13,15-16,21H,4-5,10-11H2,1-3H3,(H,28,30)/t15-,16+,21-. The first-order valence-corrected chi connectivity index (χ1v) is 11.3. The lowest BCUT2D eigenvalue weighted by Gasteiger charge is -2.38. The number of anilines is 2. The summed E-state index contributed by atoms with van der Waals surface area (Å²) in [6.45, 7) is 7.68. The number of hydrogen-bond donors (Lipinski definition) is 1. The van der Waals surface area contributed by atoms with Gasteiger partial charge in [-0.3, -0.25) is 0 Å². The maximum absolute atomic E-state index is 13.6. The van der Waals surface area contributed by atoms with E-state index in [0.717, 1.165) is 55.6 Å². The minimum atomic E-state index is -0.707. The summed E-state index contributed by atoms with van der Waals surface area (Å²) >= 11 is 0. The minimum absolute atomic E-state index is 0.0407. The Hall–Kier alpha value is -3.30. The summed E-state index contributed by atoms with van der Waals surface area (Å²) in [5.74, 6) is 0.935. The van der Waals surface area contributed by atoms with Gasteiger partial charge in [-0.15, -0.1) is 5.10 Å². The van der Waals surface area contributed by atoms with Gasteiger partial charge >= 0.3 is 6.01 Å². The first kappa shape index (κ1) is 21.5. The molecule has 1 aliphatic heterocycles. The van der Waals surface area contributed by atoms with Crippen molar-refractivity contribution in [2.75, 3.05) is 23.3 Å². The Kier molecular flexibility index (Phi) is 5.59. The molecule has 1 aromatic carbocycles. The quantitative estimate of drug-likeness (QED) is 0.592. The van der Waals surface area contributed by atoms with E-state index in [4.69, 9.17) is 4.74 Å². The molecule has 1 N–H and O–H groups in total. The molecule has 174 valence electrons. The molecule has 3 heterocycles. The molecule has 3 aromatic rings.